The van der Waals surface area contributed by atoms with Crippen LogP contribution in [0.1, 0.15) is 19.8 Å². The summed E-state index contributed by atoms with van der Waals surface area (Å²) in [6.45, 7) is 1.61. The molecule has 0 bridgehead atoms. The van der Waals surface area contributed by atoms with Gasteiger partial charge < -0.3 is 15.0 Å². The van der Waals surface area contributed by atoms with E-state index >= 15 is 0 Å². The SMILES string of the molecule is C[C@@](C#N)(NC(=O)COC(=O)CN1CCSC1=O)C1CC1. The molecule has 0 spiro atoms. The molecular formula is C13H17N3O4S. The largest absolute Gasteiger partial charge is 0.454 e. The minimum Gasteiger partial charge on any atom is -0.454 e. The van der Waals surface area contributed by atoms with Gasteiger partial charge in [0.1, 0.15) is 12.1 Å². The van der Waals surface area contributed by atoms with Crippen molar-refractivity contribution >= 4 is 28.9 Å². The predicted octanol–water partition coefficient (Wildman–Crippen LogP) is 0.507. The second-order valence-electron chi connectivity index (χ2n) is 5.33. The summed E-state index contributed by atoms with van der Waals surface area (Å²) in [7, 11) is 0. The van der Waals surface area contributed by atoms with Crippen LogP contribution in [0, 0.1) is 17.2 Å². The minimum absolute atomic E-state index is 0.142. The molecule has 2 fully saturated rings. The van der Waals surface area contributed by atoms with E-state index < -0.39 is 24.0 Å². The number of thioether (sulfide) groups is 1. The van der Waals surface area contributed by atoms with Gasteiger partial charge in [-0.15, -0.1) is 0 Å². The van der Waals surface area contributed by atoms with E-state index in [9.17, 15) is 14.4 Å². The maximum Gasteiger partial charge on any atom is 0.326 e. The molecule has 1 atom stereocenters. The van der Waals surface area contributed by atoms with Gasteiger partial charge in [-0.3, -0.25) is 14.4 Å². The van der Waals surface area contributed by atoms with E-state index in [1.807, 2.05) is 0 Å². The second kappa shape index (κ2) is 6.35. The van der Waals surface area contributed by atoms with Crippen molar-refractivity contribution in [3.8, 4) is 6.07 Å². The Labute approximate surface area is 127 Å². The molecule has 1 aliphatic carbocycles. The minimum atomic E-state index is -0.898. The third-order valence-electron chi connectivity index (χ3n) is 3.55. The van der Waals surface area contributed by atoms with Gasteiger partial charge in [0, 0.05) is 12.3 Å². The number of nitrogens with one attached hydrogen (secondary N) is 1. The van der Waals surface area contributed by atoms with Gasteiger partial charge in [0.15, 0.2) is 6.61 Å². The number of nitrogens with zero attached hydrogens (tertiary/aromatic N) is 2. The van der Waals surface area contributed by atoms with Gasteiger partial charge in [0.2, 0.25) is 0 Å². The maximum absolute atomic E-state index is 11.7. The zero-order chi connectivity index (χ0) is 15.5. The monoisotopic (exact) mass is 311 g/mol. The van der Waals surface area contributed by atoms with Crippen molar-refractivity contribution in [1.29, 1.82) is 5.26 Å². The van der Waals surface area contributed by atoms with Gasteiger partial charge in [0.25, 0.3) is 11.1 Å². The van der Waals surface area contributed by atoms with Crippen LogP contribution in [0.2, 0.25) is 0 Å². The standard InChI is InChI=1S/C13H17N3O4S/c1-13(8-14,9-2-3-9)15-10(17)7-20-11(18)6-16-4-5-21-12(16)19/h9H,2-7H2,1H3,(H,15,17)/t13-/m0/s1. The summed E-state index contributed by atoms with van der Waals surface area (Å²) in [4.78, 5) is 36.0. The Morgan fingerprint density at radius 2 is 2.29 bits per heavy atom. The molecule has 1 aliphatic heterocycles. The van der Waals surface area contributed by atoms with Crippen LogP contribution in [0.15, 0.2) is 0 Å². The van der Waals surface area contributed by atoms with E-state index in [0.29, 0.717) is 12.3 Å². The first-order valence-corrected chi connectivity index (χ1v) is 7.73. The molecule has 0 radical (unpaired) electrons. The average Bonchev–Trinajstić information content (AvgIpc) is 3.23. The predicted molar refractivity (Wildman–Crippen MR) is 75.3 cm³/mol. The van der Waals surface area contributed by atoms with Gasteiger partial charge in [-0.1, -0.05) is 11.8 Å². The lowest BCUT2D eigenvalue weighted by Crippen LogP contribution is -2.48. The van der Waals surface area contributed by atoms with Crippen LogP contribution in [0.5, 0.6) is 0 Å². The van der Waals surface area contributed by atoms with Crippen LogP contribution in [-0.4, -0.2) is 53.0 Å². The summed E-state index contributed by atoms with van der Waals surface area (Å²) in [5, 5.41) is 11.6. The molecule has 1 heterocycles. The van der Waals surface area contributed by atoms with Gasteiger partial charge in [-0.25, -0.2) is 0 Å². The topological polar surface area (TPSA) is 99.5 Å². The Balaban J connectivity index is 1.72. The lowest BCUT2D eigenvalue weighted by Gasteiger charge is -2.22. The Kier molecular flexibility index (Phi) is 4.73. The summed E-state index contributed by atoms with van der Waals surface area (Å²) in [6.07, 6.45) is 1.83. The van der Waals surface area contributed by atoms with Crippen LogP contribution in [0.3, 0.4) is 0 Å². The lowest BCUT2D eigenvalue weighted by atomic mass is 9.98. The highest BCUT2D eigenvalue weighted by Crippen LogP contribution is 2.39. The van der Waals surface area contributed by atoms with Gasteiger partial charge in [-0.2, -0.15) is 5.26 Å². The molecule has 2 amide bonds. The number of carbonyl (C=O) groups is 3. The Hall–Kier alpha value is -1.75. The zero-order valence-electron chi connectivity index (χ0n) is 11.8. The fourth-order valence-corrected chi connectivity index (χ4v) is 2.95. The van der Waals surface area contributed by atoms with Crippen molar-refractivity contribution in [2.45, 2.75) is 25.3 Å². The van der Waals surface area contributed by atoms with Gasteiger partial charge in [-0.05, 0) is 25.7 Å². The zero-order valence-corrected chi connectivity index (χ0v) is 12.6. The van der Waals surface area contributed by atoms with E-state index in [1.165, 1.54) is 4.90 Å². The second-order valence-corrected chi connectivity index (χ2v) is 6.38. The molecule has 0 aromatic carbocycles. The first-order valence-electron chi connectivity index (χ1n) is 6.74. The molecule has 1 saturated carbocycles. The van der Waals surface area contributed by atoms with Crippen molar-refractivity contribution < 1.29 is 19.1 Å². The first kappa shape index (κ1) is 15.6. The average molecular weight is 311 g/mol. The first-order chi connectivity index (χ1) is 9.94. The number of nitriles is 1. The van der Waals surface area contributed by atoms with E-state index in [-0.39, 0.29) is 17.7 Å². The van der Waals surface area contributed by atoms with Crippen molar-refractivity contribution in [1.82, 2.24) is 10.2 Å². The lowest BCUT2D eigenvalue weighted by molar-refractivity contribution is -0.149. The number of hydrogen-bond acceptors (Lipinski definition) is 6. The quantitative estimate of drug-likeness (QED) is 0.717. The Morgan fingerprint density at radius 1 is 1.57 bits per heavy atom. The highest BCUT2D eigenvalue weighted by Gasteiger charge is 2.43. The maximum atomic E-state index is 11.7. The smallest absolute Gasteiger partial charge is 0.326 e. The Bertz CT molecular complexity index is 500. The number of hydrogen-bond donors (Lipinski definition) is 1. The van der Waals surface area contributed by atoms with Crippen LogP contribution in [0.4, 0.5) is 4.79 Å². The molecule has 2 aliphatic rings. The fourth-order valence-electron chi connectivity index (χ4n) is 2.12. The molecule has 0 aromatic heterocycles. The van der Waals surface area contributed by atoms with Crippen LogP contribution >= 0.6 is 11.8 Å². The fraction of sp³-hybridized carbons (Fsp3) is 0.692. The summed E-state index contributed by atoms with van der Waals surface area (Å²) >= 11 is 1.16. The van der Waals surface area contributed by atoms with E-state index in [1.54, 1.807) is 6.92 Å². The van der Waals surface area contributed by atoms with E-state index in [2.05, 4.69) is 11.4 Å². The molecule has 0 unspecified atom stereocenters. The molecule has 1 saturated heterocycles. The van der Waals surface area contributed by atoms with E-state index in [4.69, 9.17) is 10.00 Å². The molecular weight excluding hydrogens is 294 g/mol. The molecule has 1 N–H and O–H groups in total. The number of ether oxygens (including phenoxy) is 1. The van der Waals surface area contributed by atoms with E-state index in [0.717, 1.165) is 24.6 Å². The highest BCUT2D eigenvalue weighted by atomic mass is 32.2. The number of esters is 1. The third kappa shape index (κ3) is 4.11. The van der Waals surface area contributed by atoms with Gasteiger partial charge in [0.05, 0.1) is 6.07 Å². The number of carbonyl (C=O) groups excluding carboxylic acids is 3. The van der Waals surface area contributed by atoms with Crippen LogP contribution < -0.4 is 5.32 Å². The number of amides is 2. The van der Waals surface area contributed by atoms with Crippen molar-refractivity contribution in [3.05, 3.63) is 0 Å². The summed E-state index contributed by atoms with van der Waals surface area (Å²) < 4.78 is 4.84. The molecule has 8 heteroatoms. The van der Waals surface area contributed by atoms with Crippen LogP contribution in [-0.2, 0) is 14.3 Å². The third-order valence-corrected chi connectivity index (χ3v) is 4.45. The summed E-state index contributed by atoms with van der Waals surface area (Å²) in [5.74, 6) is -0.289. The number of rotatable bonds is 6. The normalized spacial score (nSPS) is 20.6. The molecule has 114 valence electrons. The Morgan fingerprint density at radius 3 is 2.81 bits per heavy atom. The van der Waals surface area contributed by atoms with Crippen molar-refractivity contribution in [2.24, 2.45) is 5.92 Å². The van der Waals surface area contributed by atoms with Crippen molar-refractivity contribution in [3.63, 3.8) is 0 Å². The highest BCUT2D eigenvalue weighted by molar-refractivity contribution is 8.13. The van der Waals surface area contributed by atoms with Crippen LogP contribution in [0.25, 0.3) is 0 Å². The van der Waals surface area contributed by atoms with Gasteiger partial charge >= 0.3 is 5.97 Å². The molecule has 0 aromatic rings. The molecule has 2 rings (SSSR count). The molecule has 7 nitrogen and oxygen atoms in total. The molecule has 21 heavy (non-hydrogen) atoms. The summed E-state index contributed by atoms with van der Waals surface area (Å²) in [6, 6.07) is 2.10. The summed E-state index contributed by atoms with van der Waals surface area (Å²) in [5.41, 5.74) is -0.898. The van der Waals surface area contributed by atoms with Crippen molar-refractivity contribution in [2.75, 3.05) is 25.4 Å².